The van der Waals surface area contributed by atoms with Gasteiger partial charge >= 0.3 is 0 Å². The average Bonchev–Trinajstić information content (AvgIpc) is 3.18. The molecule has 1 aliphatic heterocycles. The second-order valence-electron chi connectivity index (χ2n) is 7.09. The average molecular weight is 368 g/mol. The summed E-state index contributed by atoms with van der Waals surface area (Å²) in [7, 11) is 0. The Morgan fingerprint density at radius 2 is 1.93 bits per heavy atom. The highest BCUT2D eigenvalue weighted by molar-refractivity contribution is 5.92. The van der Waals surface area contributed by atoms with Crippen LogP contribution in [-0.2, 0) is 11.2 Å². The fourth-order valence-corrected chi connectivity index (χ4v) is 3.95. The zero-order chi connectivity index (χ0) is 18.9. The third kappa shape index (κ3) is 2.95. The molecule has 1 amide bonds. The van der Waals surface area contributed by atoms with Crippen LogP contribution >= 0.6 is 0 Å². The Morgan fingerprint density at radius 3 is 2.82 bits per heavy atom. The number of aromatic amines is 1. The zero-order valence-electron chi connectivity index (χ0n) is 15.4. The van der Waals surface area contributed by atoms with E-state index in [2.05, 4.69) is 27.1 Å². The predicted octanol–water partition coefficient (Wildman–Crippen LogP) is 3.97. The molecular weight excluding hydrogens is 348 g/mol. The van der Waals surface area contributed by atoms with Gasteiger partial charge in [0.2, 0.25) is 5.91 Å². The number of hydrogen-bond donors (Lipinski definition) is 1. The molecule has 0 unspecified atom stereocenters. The van der Waals surface area contributed by atoms with Gasteiger partial charge < -0.3 is 9.88 Å². The van der Waals surface area contributed by atoms with Crippen LogP contribution in [0.5, 0.6) is 0 Å². The first-order valence-corrected chi connectivity index (χ1v) is 9.51. The van der Waals surface area contributed by atoms with E-state index in [9.17, 15) is 4.79 Å². The fourth-order valence-electron chi connectivity index (χ4n) is 3.95. The second kappa shape index (κ2) is 6.93. The number of H-pyrrole nitrogens is 1. The van der Waals surface area contributed by atoms with Crippen molar-refractivity contribution < 1.29 is 4.79 Å². The van der Waals surface area contributed by atoms with Crippen molar-refractivity contribution in [1.29, 1.82) is 0 Å². The van der Waals surface area contributed by atoms with E-state index in [0.717, 1.165) is 40.5 Å². The third-order valence-corrected chi connectivity index (χ3v) is 5.42. The van der Waals surface area contributed by atoms with Gasteiger partial charge in [0.05, 0.1) is 11.9 Å². The molecule has 0 aliphatic carbocycles. The standard InChI is InChI=1S/C23H20N4O/c28-21(14-18-5-1-4-17-6-2-10-24-22(17)18)27-12-8-16(9-13-27)20-15-26-23-19(20)7-3-11-25-23/h1-8,10-11,15H,9,12-14H2,(H,25,26). The Balaban J connectivity index is 1.34. The molecule has 3 aromatic heterocycles. The van der Waals surface area contributed by atoms with Gasteiger partial charge in [0, 0.05) is 48.0 Å². The lowest BCUT2D eigenvalue weighted by molar-refractivity contribution is -0.130. The van der Waals surface area contributed by atoms with Gasteiger partial charge in [0.15, 0.2) is 0 Å². The van der Waals surface area contributed by atoms with E-state index in [0.29, 0.717) is 13.0 Å². The van der Waals surface area contributed by atoms with E-state index in [1.807, 2.05) is 47.5 Å². The van der Waals surface area contributed by atoms with E-state index in [-0.39, 0.29) is 5.91 Å². The van der Waals surface area contributed by atoms with Gasteiger partial charge in [-0.05, 0) is 35.8 Å². The first-order valence-electron chi connectivity index (χ1n) is 9.51. The summed E-state index contributed by atoms with van der Waals surface area (Å²) in [6.07, 6.45) is 8.99. The maximum Gasteiger partial charge on any atom is 0.227 e. The van der Waals surface area contributed by atoms with Crippen LogP contribution in [0, 0.1) is 0 Å². The number of benzene rings is 1. The van der Waals surface area contributed by atoms with Gasteiger partial charge in [-0.1, -0.05) is 30.3 Å². The minimum Gasteiger partial charge on any atom is -0.346 e. The number of aromatic nitrogens is 3. The predicted molar refractivity (Wildman–Crippen MR) is 111 cm³/mol. The number of nitrogens with one attached hydrogen (secondary N) is 1. The molecule has 1 aromatic carbocycles. The maximum atomic E-state index is 12.9. The van der Waals surface area contributed by atoms with Crippen LogP contribution in [0.3, 0.4) is 0 Å². The maximum absolute atomic E-state index is 12.9. The van der Waals surface area contributed by atoms with Gasteiger partial charge in [-0.25, -0.2) is 4.98 Å². The molecule has 0 spiro atoms. The summed E-state index contributed by atoms with van der Waals surface area (Å²) in [6, 6.07) is 14.0. The van der Waals surface area contributed by atoms with Gasteiger partial charge in [-0.15, -0.1) is 0 Å². The Labute approximate surface area is 162 Å². The molecule has 0 bridgehead atoms. The zero-order valence-corrected chi connectivity index (χ0v) is 15.4. The largest absolute Gasteiger partial charge is 0.346 e. The Hall–Kier alpha value is -3.47. The first kappa shape index (κ1) is 16.7. The number of carbonyl (C=O) groups is 1. The minimum absolute atomic E-state index is 0.147. The van der Waals surface area contributed by atoms with E-state index in [4.69, 9.17) is 0 Å². The number of rotatable bonds is 3. The normalized spacial score (nSPS) is 14.4. The van der Waals surface area contributed by atoms with Crippen LogP contribution in [0.25, 0.3) is 27.5 Å². The van der Waals surface area contributed by atoms with Gasteiger partial charge in [0.1, 0.15) is 5.65 Å². The quantitative estimate of drug-likeness (QED) is 0.595. The van der Waals surface area contributed by atoms with Crippen molar-refractivity contribution >= 4 is 33.4 Å². The molecule has 4 heterocycles. The van der Waals surface area contributed by atoms with Crippen molar-refractivity contribution in [2.24, 2.45) is 0 Å². The van der Waals surface area contributed by atoms with Crippen LogP contribution in [-0.4, -0.2) is 38.8 Å². The van der Waals surface area contributed by atoms with Crippen LogP contribution in [0.2, 0.25) is 0 Å². The Morgan fingerprint density at radius 1 is 1.07 bits per heavy atom. The molecule has 5 rings (SSSR count). The number of fused-ring (bicyclic) bond motifs is 2. The highest BCUT2D eigenvalue weighted by Gasteiger charge is 2.20. The summed E-state index contributed by atoms with van der Waals surface area (Å²) < 4.78 is 0. The lowest BCUT2D eigenvalue weighted by atomic mass is 9.99. The molecule has 0 atom stereocenters. The number of amides is 1. The lowest BCUT2D eigenvalue weighted by Crippen LogP contribution is -2.35. The van der Waals surface area contributed by atoms with Crippen molar-refractivity contribution in [3.05, 3.63) is 78.3 Å². The number of nitrogens with zero attached hydrogens (tertiary/aromatic N) is 3. The van der Waals surface area contributed by atoms with Crippen LogP contribution in [0.1, 0.15) is 17.5 Å². The van der Waals surface area contributed by atoms with Gasteiger partial charge in [0.25, 0.3) is 0 Å². The molecule has 1 N–H and O–H groups in total. The molecule has 5 heteroatoms. The molecule has 5 nitrogen and oxygen atoms in total. The van der Waals surface area contributed by atoms with Crippen molar-refractivity contribution in [3.63, 3.8) is 0 Å². The van der Waals surface area contributed by atoms with Crippen molar-refractivity contribution in [2.45, 2.75) is 12.8 Å². The molecule has 28 heavy (non-hydrogen) atoms. The number of hydrogen-bond acceptors (Lipinski definition) is 3. The van der Waals surface area contributed by atoms with E-state index in [1.54, 1.807) is 12.4 Å². The van der Waals surface area contributed by atoms with Crippen LogP contribution in [0.15, 0.2) is 67.1 Å². The molecule has 0 radical (unpaired) electrons. The van der Waals surface area contributed by atoms with E-state index >= 15 is 0 Å². The molecule has 138 valence electrons. The summed E-state index contributed by atoms with van der Waals surface area (Å²) in [6.45, 7) is 1.37. The monoisotopic (exact) mass is 368 g/mol. The number of carbonyl (C=O) groups excluding carboxylic acids is 1. The SMILES string of the molecule is O=C(Cc1cccc2cccnc12)N1CC=C(c2c[nH]c3ncccc23)CC1. The van der Waals surface area contributed by atoms with E-state index in [1.165, 1.54) is 11.1 Å². The molecule has 4 aromatic rings. The first-order chi connectivity index (χ1) is 13.8. The highest BCUT2D eigenvalue weighted by atomic mass is 16.2. The summed E-state index contributed by atoms with van der Waals surface area (Å²) >= 11 is 0. The van der Waals surface area contributed by atoms with E-state index < -0.39 is 0 Å². The minimum atomic E-state index is 0.147. The summed E-state index contributed by atoms with van der Waals surface area (Å²) in [5, 5.41) is 2.21. The molecule has 1 aliphatic rings. The number of para-hydroxylation sites is 1. The molecule has 0 fully saturated rings. The van der Waals surface area contributed by atoms with Gasteiger partial charge in [-0.2, -0.15) is 0 Å². The third-order valence-electron chi connectivity index (χ3n) is 5.42. The van der Waals surface area contributed by atoms with Crippen molar-refractivity contribution in [1.82, 2.24) is 19.9 Å². The van der Waals surface area contributed by atoms with Gasteiger partial charge in [-0.3, -0.25) is 9.78 Å². The van der Waals surface area contributed by atoms with Crippen molar-refractivity contribution in [3.8, 4) is 0 Å². The summed E-state index contributed by atoms with van der Waals surface area (Å²) in [5.74, 6) is 0.147. The summed E-state index contributed by atoms with van der Waals surface area (Å²) in [4.78, 5) is 26.8. The fraction of sp³-hybridized carbons (Fsp3) is 0.174. The smallest absolute Gasteiger partial charge is 0.227 e. The van der Waals surface area contributed by atoms with Crippen LogP contribution < -0.4 is 0 Å². The molecule has 0 saturated heterocycles. The van der Waals surface area contributed by atoms with Crippen LogP contribution in [0.4, 0.5) is 0 Å². The lowest BCUT2D eigenvalue weighted by Gasteiger charge is -2.26. The van der Waals surface area contributed by atoms with Crippen molar-refractivity contribution in [2.75, 3.05) is 13.1 Å². The molecule has 0 saturated carbocycles. The number of pyridine rings is 2. The Bertz CT molecular complexity index is 1200. The summed E-state index contributed by atoms with van der Waals surface area (Å²) in [5.41, 5.74) is 5.27. The molecular formula is C23H20N4O. The highest BCUT2D eigenvalue weighted by Crippen LogP contribution is 2.28. The Kier molecular flexibility index (Phi) is 4.13. The topological polar surface area (TPSA) is 61.9 Å². The second-order valence-corrected chi connectivity index (χ2v) is 7.09.